The average molecular weight is 1040 g/mol. The minimum absolute atomic E-state index is 0.123. The van der Waals surface area contributed by atoms with Crippen LogP contribution in [-0.2, 0) is 46.5 Å². The summed E-state index contributed by atoms with van der Waals surface area (Å²) in [5.41, 5.74) is 3.53. The summed E-state index contributed by atoms with van der Waals surface area (Å²) in [6.07, 6.45) is 10.6. The van der Waals surface area contributed by atoms with Crippen molar-refractivity contribution in [3.8, 4) is 6.07 Å². The van der Waals surface area contributed by atoms with Crippen LogP contribution in [0, 0.1) is 17.1 Å². The molecule has 0 saturated carbocycles. The number of epoxide rings is 1. The molecule has 4 unspecified atom stereocenters. The van der Waals surface area contributed by atoms with Gasteiger partial charge in [0.2, 0.25) is 0 Å². The third kappa shape index (κ3) is 15.1. The van der Waals surface area contributed by atoms with Gasteiger partial charge < -0.3 is 9.47 Å². The van der Waals surface area contributed by atoms with Crippen LogP contribution in [0.15, 0.2) is 159 Å². The van der Waals surface area contributed by atoms with Crippen LogP contribution in [0.5, 0.6) is 0 Å². The van der Waals surface area contributed by atoms with Crippen LogP contribution in [0.3, 0.4) is 0 Å². The van der Waals surface area contributed by atoms with Gasteiger partial charge in [0.25, 0.3) is 0 Å². The average Bonchev–Trinajstić information content (AvgIpc) is 3.88. The highest BCUT2D eigenvalue weighted by atomic mass is 35.5. The number of aryl methyl sites for hydroxylation is 1. The van der Waals surface area contributed by atoms with Gasteiger partial charge in [-0.15, -0.1) is 0 Å². The highest BCUT2D eigenvalue weighted by molar-refractivity contribution is 6.35. The summed E-state index contributed by atoms with van der Waals surface area (Å²) >= 11 is 24.3. The molecule has 0 spiro atoms. The number of ether oxygens (including phenoxy) is 2. The number of halogens is 9. The maximum absolute atomic E-state index is 13.3. The Balaban J connectivity index is 0.000000167. The Morgan fingerprint density at radius 2 is 1.33 bits per heavy atom. The normalized spacial score (nSPS) is 16.0. The van der Waals surface area contributed by atoms with Gasteiger partial charge >= 0.3 is 6.68 Å². The molecule has 3 aromatic heterocycles. The molecule has 0 amide bonds. The van der Waals surface area contributed by atoms with Gasteiger partial charge in [-0.1, -0.05) is 125 Å². The van der Waals surface area contributed by atoms with E-state index in [1.807, 2.05) is 84.9 Å². The van der Waals surface area contributed by atoms with Crippen LogP contribution in [-0.4, -0.2) is 64.4 Å². The molecule has 1 saturated heterocycles. The summed E-state index contributed by atoms with van der Waals surface area (Å²) in [6.45, 7) is -2.84. The standard InChI is InChI=1S/C19H17ClN4.C17H13ClFN3O.C12H12Cl2FN3O.CHF3/c20-18-8-6-16(7-9-18)10-11-19(12-21,13-24-15-22-14-23-24)17-4-2-1-3-5-17;18-15-4-2-1-3-14(15)16-17(23-16,9-22-11-20-10-21-22)12-5-7-13(19)8-6-12;13-10-1-2-11(12(14)3-10)9(5-19-6-15)4-18-8-16-7-17-18;2-1(3)4/h1-9,14-15H,10-11,13H2;1-8,10-11,16H,9H2;1-3,7-9H,4-6H2;1H. The smallest absolute Gasteiger partial charge is 0.354 e. The van der Waals surface area contributed by atoms with Crippen LogP contribution in [0.25, 0.3) is 0 Å². The highest BCUT2D eigenvalue weighted by Gasteiger charge is 2.59. The quantitative estimate of drug-likeness (QED) is 0.0684. The van der Waals surface area contributed by atoms with Crippen LogP contribution in [0.4, 0.5) is 22.0 Å². The Bertz CT molecular complexity index is 2810. The molecule has 1 aliphatic heterocycles. The zero-order valence-electron chi connectivity index (χ0n) is 36.9. The van der Waals surface area contributed by atoms with E-state index in [0.29, 0.717) is 41.1 Å². The van der Waals surface area contributed by atoms with Crippen molar-refractivity contribution >= 4 is 46.4 Å². The predicted molar refractivity (Wildman–Crippen MR) is 255 cm³/mol. The van der Waals surface area contributed by atoms with E-state index in [9.17, 15) is 27.2 Å². The monoisotopic (exact) mass is 1040 g/mol. The molecule has 4 heterocycles. The topological polar surface area (TPSA) is 138 Å². The third-order valence-electron chi connectivity index (χ3n) is 10.9. The van der Waals surface area contributed by atoms with Gasteiger partial charge in [-0.2, -0.15) is 33.7 Å². The van der Waals surface area contributed by atoms with Gasteiger partial charge in [-0.3, -0.25) is 9.36 Å². The molecule has 0 radical (unpaired) electrons. The van der Waals surface area contributed by atoms with Crippen LogP contribution < -0.4 is 0 Å². The number of rotatable bonds is 16. The SMILES string of the molecule is FC(F)F.FCOCC(Cn1cncn1)c1ccc(Cl)cc1Cl.Fc1ccc(C2(Cn3cncn3)OC2c2ccccc2Cl)cc1.N#CC(CCc1ccc(Cl)cc1)(Cn1cncn1)c1ccccc1. The zero-order valence-corrected chi connectivity index (χ0v) is 39.9. The predicted octanol–water partition coefficient (Wildman–Crippen LogP) is 12.3. The Morgan fingerprint density at radius 3 is 1.91 bits per heavy atom. The summed E-state index contributed by atoms with van der Waals surface area (Å²) in [5.74, 6) is -0.401. The Hall–Kier alpha value is -6.26. The van der Waals surface area contributed by atoms with E-state index < -0.39 is 24.6 Å². The fraction of sp³-hybridized carbons (Fsp3) is 0.245. The summed E-state index contributed by atoms with van der Waals surface area (Å²) in [4.78, 5) is 11.8. The van der Waals surface area contributed by atoms with E-state index in [-0.39, 0.29) is 24.4 Å². The van der Waals surface area contributed by atoms with E-state index in [4.69, 9.17) is 55.9 Å². The number of benzene rings is 5. The van der Waals surface area contributed by atoms with Crippen molar-refractivity contribution in [3.05, 3.63) is 213 Å². The number of hydrogen-bond acceptors (Lipinski definition) is 9. The van der Waals surface area contributed by atoms with Gasteiger partial charge in [-0.25, -0.2) is 28.4 Å². The van der Waals surface area contributed by atoms with Crippen molar-refractivity contribution in [2.24, 2.45) is 0 Å². The Morgan fingerprint density at radius 1 is 0.729 bits per heavy atom. The number of hydrogen-bond donors (Lipinski definition) is 0. The summed E-state index contributed by atoms with van der Waals surface area (Å²) in [5, 5.41) is 24.8. The molecule has 70 heavy (non-hydrogen) atoms. The third-order valence-corrected chi connectivity index (χ3v) is 12.1. The Labute approximate surface area is 420 Å². The fourth-order valence-corrected chi connectivity index (χ4v) is 8.46. The van der Waals surface area contributed by atoms with E-state index in [0.717, 1.165) is 39.3 Å². The van der Waals surface area contributed by atoms with Gasteiger partial charge in [0.1, 0.15) is 60.9 Å². The number of aromatic nitrogens is 9. The van der Waals surface area contributed by atoms with Gasteiger partial charge in [-0.05, 0) is 77.6 Å². The molecule has 9 rings (SSSR count). The maximum Gasteiger partial charge on any atom is 0.379 e. The highest BCUT2D eigenvalue weighted by Crippen LogP contribution is 2.59. The lowest BCUT2D eigenvalue weighted by atomic mass is 9.77. The first-order valence-electron chi connectivity index (χ1n) is 21.2. The molecule has 5 aromatic carbocycles. The van der Waals surface area contributed by atoms with Crippen molar-refractivity contribution in [3.63, 3.8) is 0 Å². The molecule has 4 atom stereocenters. The van der Waals surface area contributed by atoms with Crippen LogP contribution in [0.2, 0.25) is 20.1 Å². The first-order valence-corrected chi connectivity index (χ1v) is 22.7. The first-order chi connectivity index (χ1) is 33.8. The van der Waals surface area contributed by atoms with Crippen molar-refractivity contribution in [2.75, 3.05) is 13.5 Å². The van der Waals surface area contributed by atoms with E-state index in [1.54, 1.807) is 57.3 Å². The molecule has 0 bridgehead atoms. The van der Waals surface area contributed by atoms with Gasteiger partial charge in [0.05, 0.1) is 32.3 Å². The van der Waals surface area contributed by atoms with E-state index >= 15 is 0 Å². The lowest BCUT2D eigenvalue weighted by Crippen LogP contribution is -2.31. The molecule has 21 heteroatoms. The molecule has 1 aliphatic rings. The van der Waals surface area contributed by atoms with Crippen LogP contribution in [0.1, 0.15) is 46.3 Å². The number of alkyl halides is 4. The van der Waals surface area contributed by atoms with E-state index in [2.05, 4.69) is 36.3 Å². The largest absolute Gasteiger partial charge is 0.379 e. The summed E-state index contributed by atoms with van der Waals surface area (Å²) in [7, 11) is 0. The second-order valence-corrected chi connectivity index (χ2v) is 17.2. The minimum Gasteiger partial charge on any atom is -0.354 e. The molecular weight excluding hydrogens is 997 g/mol. The lowest BCUT2D eigenvalue weighted by Gasteiger charge is -2.27. The molecule has 8 aromatic rings. The maximum atomic E-state index is 13.3. The minimum atomic E-state index is -3.67. The van der Waals surface area contributed by atoms with Crippen LogP contribution >= 0.6 is 46.4 Å². The van der Waals surface area contributed by atoms with Gasteiger partial charge in [0, 0.05) is 31.6 Å². The summed E-state index contributed by atoms with van der Waals surface area (Å²) < 4.78 is 70.5. The zero-order chi connectivity index (χ0) is 49.9. The van der Waals surface area contributed by atoms with Gasteiger partial charge in [0.15, 0.2) is 6.86 Å². The van der Waals surface area contributed by atoms with Crippen molar-refractivity contribution in [2.45, 2.75) is 62.2 Å². The molecular formula is C49H43Cl4F5N10O2. The molecule has 0 N–H and O–H groups in total. The summed E-state index contributed by atoms with van der Waals surface area (Å²) in [6, 6.07) is 39.3. The second kappa shape index (κ2) is 26.1. The van der Waals surface area contributed by atoms with Crippen molar-refractivity contribution in [1.29, 1.82) is 5.26 Å². The molecule has 12 nitrogen and oxygen atoms in total. The number of nitrogens with zero attached hydrogens (tertiary/aromatic N) is 10. The Kier molecular flexibility index (Phi) is 19.8. The second-order valence-electron chi connectivity index (χ2n) is 15.5. The lowest BCUT2D eigenvalue weighted by molar-refractivity contribution is 0.00818. The van der Waals surface area contributed by atoms with Crippen molar-refractivity contribution < 1.29 is 31.4 Å². The van der Waals surface area contributed by atoms with Crippen molar-refractivity contribution in [1.82, 2.24) is 44.3 Å². The first kappa shape index (κ1) is 53.1. The molecule has 364 valence electrons. The van der Waals surface area contributed by atoms with E-state index in [1.165, 1.54) is 31.1 Å². The molecule has 0 aliphatic carbocycles. The molecule has 1 fully saturated rings. The fourth-order valence-electron chi connectivity index (χ4n) is 7.54. The number of nitriles is 1.